The molecule has 0 unspecified atom stereocenters. The number of rotatable bonds is 10. The molecule has 1 aromatic rings. The number of hydrogen-bond acceptors (Lipinski definition) is 7. The molecular formula is C22H35N3O6S2. The van der Waals surface area contributed by atoms with Crippen LogP contribution in [0, 0.1) is 17.3 Å². The van der Waals surface area contributed by atoms with Crippen LogP contribution in [0.2, 0.25) is 0 Å². The number of hydroxylamine groups is 1. The Morgan fingerprint density at radius 2 is 1.58 bits per heavy atom. The number of benzene rings is 1. The van der Waals surface area contributed by atoms with Crippen molar-refractivity contribution in [3.8, 4) is 0 Å². The average Bonchev–Trinajstić information content (AvgIpc) is 2.71. The van der Waals surface area contributed by atoms with Crippen molar-refractivity contribution in [1.29, 1.82) is 0 Å². The van der Waals surface area contributed by atoms with E-state index in [1.165, 1.54) is 19.2 Å². The van der Waals surface area contributed by atoms with Crippen LogP contribution in [0.5, 0.6) is 0 Å². The second-order valence-electron chi connectivity index (χ2n) is 9.42. The molecule has 0 bridgehead atoms. The van der Waals surface area contributed by atoms with Gasteiger partial charge in [-0.25, -0.2) is 13.9 Å². The van der Waals surface area contributed by atoms with E-state index in [0.717, 1.165) is 18.0 Å². The summed E-state index contributed by atoms with van der Waals surface area (Å²) in [7, 11) is -1.90. The maximum absolute atomic E-state index is 13.3. The summed E-state index contributed by atoms with van der Waals surface area (Å²) in [6, 6.07) is 5.10. The van der Waals surface area contributed by atoms with Gasteiger partial charge >= 0.3 is 0 Å². The fourth-order valence-corrected chi connectivity index (χ4v) is 5.01. The minimum atomic E-state index is -3.38. The number of likely N-dealkylation sites (N-methyl/N-ethyl adjacent to an activating group) is 1. The van der Waals surface area contributed by atoms with E-state index in [1.54, 1.807) is 17.6 Å². The molecule has 0 saturated carbocycles. The zero-order valence-electron chi connectivity index (χ0n) is 20.1. The monoisotopic (exact) mass is 501 g/mol. The highest BCUT2D eigenvalue weighted by Gasteiger charge is 2.39. The van der Waals surface area contributed by atoms with Crippen molar-refractivity contribution in [3.63, 3.8) is 0 Å². The summed E-state index contributed by atoms with van der Waals surface area (Å²) in [5.74, 6) is -2.44. The van der Waals surface area contributed by atoms with Crippen molar-refractivity contribution < 1.29 is 28.0 Å². The molecule has 0 aliphatic heterocycles. The van der Waals surface area contributed by atoms with Crippen LogP contribution in [-0.4, -0.2) is 55.9 Å². The van der Waals surface area contributed by atoms with Crippen molar-refractivity contribution in [2.24, 2.45) is 17.3 Å². The van der Waals surface area contributed by atoms with E-state index in [4.69, 9.17) is 0 Å². The lowest BCUT2D eigenvalue weighted by Gasteiger charge is -2.33. The van der Waals surface area contributed by atoms with Crippen molar-refractivity contribution >= 4 is 39.3 Å². The van der Waals surface area contributed by atoms with Crippen LogP contribution in [0.15, 0.2) is 34.1 Å². The summed E-state index contributed by atoms with van der Waals surface area (Å²) in [4.78, 5) is 39.0. The van der Waals surface area contributed by atoms with Crippen LogP contribution in [0.3, 0.4) is 0 Å². The Balaban J connectivity index is 3.32. The maximum atomic E-state index is 13.3. The first-order valence-corrected chi connectivity index (χ1v) is 13.3. The van der Waals surface area contributed by atoms with E-state index in [9.17, 15) is 28.0 Å². The molecule has 1 rings (SSSR count). The molecule has 3 atom stereocenters. The third kappa shape index (κ3) is 8.63. The third-order valence-corrected chi connectivity index (χ3v) is 7.44. The maximum Gasteiger partial charge on any atom is 0.257 e. The summed E-state index contributed by atoms with van der Waals surface area (Å²) >= 11 is 1.04. The molecule has 33 heavy (non-hydrogen) atoms. The number of carbonyl (C=O) groups is 3. The predicted molar refractivity (Wildman–Crippen MR) is 128 cm³/mol. The Labute approximate surface area is 200 Å². The van der Waals surface area contributed by atoms with Gasteiger partial charge in [0.1, 0.15) is 11.3 Å². The van der Waals surface area contributed by atoms with Crippen LogP contribution in [0.25, 0.3) is 0 Å². The van der Waals surface area contributed by atoms with E-state index >= 15 is 0 Å². The molecule has 9 nitrogen and oxygen atoms in total. The van der Waals surface area contributed by atoms with E-state index in [2.05, 4.69) is 10.6 Å². The summed E-state index contributed by atoms with van der Waals surface area (Å²) in [5, 5.41) is 13.7. The molecule has 0 fully saturated rings. The fraction of sp³-hybridized carbons (Fsp3) is 0.591. The van der Waals surface area contributed by atoms with Crippen molar-refractivity contribution in [3.05, 3.63) is 24.3 Å². The molecule has 0 heterocycles. The Bertz CT molecular complexity index is 940. The summed E-state index contributed by atoms with van der Waals surface area (Å²) in [6.07, 6.45) is 1.42. The topological polar surface area (TPSA) is 142 Å². The predicted octanol–water partition coefficient (Wildman–Crippen LogP) is 2.00. The quantitative estimate of drug-likeness (QED) is 0.218. The van der Waals surface area contributed by atoms with Gasteiger partial charge < -0.3 is 10.6 Å². The molecule has 0 aliphatic carbocycles. The lowest BCUT2D eigenvalue weighted by Crippen LogP contribution is -2.56. The number of hydrogen-bond donors (Lipinski definition) is 4. The lowest BCUT2D eigenvalue weighted by atomic mass is 9.85. The van der Waals surface area contributed by atoms with E-state index < -0.39 is 44.3 Å². The number of nitrogens with one attached hydrogen (secondary N) is 3. The van der Waals surface area contributed by atoms with Crippen LogP contribution in [0.4, 0.5) is 0 Å². The molecule has 1 aromatic carbocycles. The first-order chi connectivity index (χ1) is 15.1. The average molecular weight is 502 g/mol. The van der Waals surface area contributed by atoms with Gasteiger partial charge in [-0.3, -0.25) is 19.6 Å². The van der Waals surface area contributed by atoms with Gasteiger partial charge in [0.25, 0.3) is 5.91 Å². The van der Waals surface area contributed by atoms with Gasteiger partial charge in [-0.1, -0.05) is 34.6 Å². The van der Waals surface area contributed by atoms with Gasteiger partial charge in [0.2, 0.25) is 11.8 Å². The second-order valence-corrected chi connectivity index (χ2v) is 12.6. The van der Waals surface area contributed by atoms with Crippen LogP contribution < -0.4 is 16.1 Å². The molecule has 3 amide bonds. The summed E-state index contributed by atoms with van der Waals surface area (Å²) in [6.45, 7) is 9.27. The number of carbonyl (C=O) groups excluding carboxylic acids is 3. The Morgan fingerprint density at radius 1 is 1.03 bits per heavy atom. The highest BCUT2D eigenvalue weighted by Crippen LogP contribution is 2.33. The van der Waals surface area contributed by atoms with Gasteiger partial charge in [0.05, 0.1) is 10.8 Å². The third-order valence-electron chi connectivity index (χ3n) is 4.97. The number of sulfone groups is 1. The van der Waals surface area contributed by atoms with Crippen molar-refractivity contribution in [2.45, 2.75) is 62.1 Å². The molecule has 11 heteroatoms. The minimum absolute atomic E-state index is 0.0380. The summed E-state index contributed by atoms with van der Waals surface area (Å²) in [5.41, 5.74) is 1.05. The van der Waals surface area contributed by atoms with Crippen molar-refractivity contribution in [2.75, 3.05) is 13.3 Å². The molecule has 4 N–H and O–H groups in total. The highest BCUT2D eigenvalue weighted by atomic mass is 32.2. The highest BCUT2D eigenvalue weighted by molar-refractivity contribution is 8.00. The lowest BCUT2D eigenvalue weighted by molar-refractivity contribution is -0.137. The first kappa shape index (κ1) is 28.9. The zero-order chi connectivity index (χ0) is 25.6. The Hall–Kier alpha value is -2.11. The van der Waals surface area contributed by atoms with E-state index in [1.807, 2.05) is 34.6 Å². The molecule has 0 saturated heterocycles. The van der Waals surface area contributed by atoms with Crippen LogP contribution in [0.1, 0.15) is 41.0 Å². The molecule has 0 aromatic heterocycles. The number of amides is 3. The first-order valence-electron chi connectivity index (χ1n) is 10.5. The van der Waals surface area contributed by atoms with Crippen LogP contribution in [-0.2, 0) is 24.2 Å². The fourth-order valence-electron chi connectivity index (χ4n) is 3.24. The van der Waals surface area contributed by atoms with Crippen LogP contribution >= 0.6 is 11.8 Å². The van der Waals surface area contributed by atoms with Gasteiger partial charge in [-0.05, 0) is 42.0 Å². The molecule has 0 radical (unpaired) electrons. The van der Waals surface area contributed by atoms with Crippen molar-refractivity contribution in [1.82, 2.24) is 16.1 Å². The van der Waals surface area contributed by atoms with Gasteiger partial charge in [-0.15, -0.1) is 11.8 Å². The molecule has 186 valence electrons. The van der Waals surface area contributed by atoms with E-state index in [0.29, 0.717) is 11.3 Å². The molecule has 0 aliphatic rings. The standard InChI is InChI=1S/C22H35N3O6S2/c1-13(2)12-16(19(26)24-18(21(28)23-6)22(3,4)5)17(20(27)25-29)32-14-8-10-15(11-9-14)33(7,30)31/h8-11,13,16-18,29H,12H2,1-7H3,(H,23,28)(H,24,26)(H,25,27)/t16-,17-,18-/m1/s1. The molecule has 0 spiro atoms. The minimum Gasteiger partial charge on any atom is -0.357 e. The molecular weight excluding hydrogens is 466 g/mol. The second kappa shape index (κ2) is 11.8. The summed E-state index contributed by atoms with van der Waals surface area (Å²) < 4.78 is 23.4. The van der Waals surface area contributed by atoms with Gasteiger partial charge in [-0.2, -0.15) is 0 Å². The van der Waals surface area contributed by atoms with E-state index in [-0.39, 0.29) is 16.7 Å². The SMILES string of the molecule is CNC(=O)[C@@H](NC(=O)[C@H](CC(C)C)[C@@H](Sc1ccc(S(C)(=O)=O)cc1)C(=O)NO)C(C)(C)C. The normalized spacial score (nSPS) is 14.8. The van der Waals surface area contributed by atoms with Gasteiger partial charge in [0.15, 0.2) is 9.84 Å². The Kier molecular flexibility index (Phi) is 10.4. The largest absolute Gasteiger partial charge is 0.357 e. The smallest absolute Gasteiger partial charge is 0.257 e. The number of thioether (sulfide) groups is 1. The van der Waals surface area contributed by atoms with Gasteiger partial charge in [0, 0.05) is 18.2 Å². The zero-order valence-corrected chi connectivity index (χ0v) is 21.8. The Morgan fingerprint density at radius 3 is 1.97 bits per heavy atom.